The Morgan fingerprint density at radius 1 is 1.61 bits per heavy atom. The van der Waals surface area contributed by atoms with Crippen molar-refractivity contribution in [3.8, 4) is 6.07 Å². The molecule has 96 valence electrons. The molecule has 1 heterocycles. The highest BCUT2D eigenvalue weighted by Crippen LogP contribution is 2.27. The molecule has 1 aromatic carbocycles. The van der Waals surface area contributed by atoms with Crippen molar-refractivity contribution in [2.24, 2.45) is 5.92 Å². The van der Waals surface area contributed by atoms with Gasteiger partial charge in [0.25, 0.3) is 0 Å². The number of hydrogen-bond donors (Lipinski definition) is 1. The third kappa shape index (κ3) is 2.95. The Morgan fingerprint density at radius 3 is 3.06 bits per heavy atom. The second kappa shape index (κ2) is 6.08. The highest BCUT2D eigenvalue weighted by Gasteiger charge is 2.24. The predicted octanol–water partition coefficient (Wildman–Crippen LogP) is 3.44. The number of ether oxygens (including phenoxy) is 1. The monoisotopic (exact) mass is 264 g/mol. The number of rotatable bonds is 4. The molecule has 1 aliphatic rings. The first kappa shape index (κ1) is 13.2. The van der Waals surface area contributed by atoms with Crippen LogP contribution >= 0.6 is 11.6 Å². The summed E-state index contributed by atoms with van der Waals surface area (Å²) in [7, 11) is 0. The second-order valence-corrected chi connectivity index (χ2v) is 5.00. The predicted molar refractivity (Wildman–Crippen MR) is 72.8 cm³/mol. The van der Waals surface area contributed by atoms with E-state index in [-0.39, 0.29) is 0 Å². The molecule has 0 aliphatic carbocycles. The lowest BCUT2D eigenvalue weighted by Crippen LogP contribution is -2.28. The fraction of sp³-hybridized carbons (Fsp3) is 0.500. The van der Waals surface area contributed by atoms with Gasteiger partial charge in [0.05, 0.1) is 28.9 Å². The van der Waals surface area contributed by atoms with Gasteiger partial charge in [-0.2, -0.15) is 5.26 Å². The van der Waals surface area contributed by atoms with Crippen LogP contribution in [0.5, 0.6) is 0 Å². The minimum Gasteiger partial charge on any atom is -0.381 e. The molecule has 0 amide bonds. The molecule has 0 radical (unpaired) electrons. The lowest BCUT2D eigenvalue weighted by atomic mass is 9.96. The van der Waals surface area contributed by atoms with Crippen LogP contribution in [0.1, 0.15) is 25.3 Å². The average Bonchev–Trinajstić information content (AvgIpc) is 2.91. The van der Waals surface area contributed by atoms with Gasteiger partial charge in [-0.1, -0.05) is 18.5 Å². The van der Waals surface area contributed by atoms with Gasteiger partial charge in [0.15, 0.2) is 0 Å². The maximum Gasteiger partial charge on any atom is 0.0992 e. The highest BCUT2D eigenvalue weighted by atomic mass is 35.5. The van der Waals surface area contributed by atoms with Gasteiger partial charge in [0.2, 0.25) is 0 Å². The molecule has 0 bridgehead atoms. The standard InChI is InChI=1S/C14H17ClN2O/c1-2-13(11-5-6-18-9-11)17-14-7-10(8-16)3-4-12(14)15/h3-4,7,11,13,17H,2,5-6,9H2,1H3. The summed E-state index contributed by atoms with van der Waals surface area (Å²) in [5, 5.41) is 13.0. The van der Waals surface area contributed by atoms with E-state index in [1.807, 2.05) is 0 Å². The zero-order valence-corrected chi connectivity index (χ0v) is 11.2. The van der Waals surface area contributed by atoms with E-state index in [0.717, 1.165) is 31.7 Å². The summed E-state index contributed by atoms with van der Waals surface area (Å²) in [6.45, 7) is 3.80. The lowest BCUT2D eigenvalue weighted by molar-refractivity contribution is 0.182. The minimum atomic E-state index is 0.346. The largest absolute Gasteiger partial charge is 0.381 e. The Hall–Kier alpha value is -1.24. The molecule has 0 aromatic heterocycles. The molecule has 18 heavy (non-hydrogen) atoms. The number of hydrogen-bond acceptors (Lipinski definition) is 3. The Kier molecular flexibility index (Phi) is 4.46. The summed E-state index contributed by atoms with van der Waals surface area (Å²) in [6.07, 6.45) is 2.10. The van der Waals surface area contributed by atoms with Crippen molar-refractivity contribution >= 4 is 17.3 Å². The summed E-state index contributed by atoms with van der Waals surface area (Å²) in [4.78, 5) is 0. The summed E-state index contributed by atoms with van der Waals surface area (Å²) in [6, 6.07) is 7.78. The molecular formula is C14H17ClN2O. The number of benzene rings is 1. The molecule has 0 spiro atoms. The first-order valence-corrected chi connectivity index (χ1v) is 6.66. The van der Waals surface area contributed by atoms with Crippen LogP contribution < -0.4 is 5.32 Å². The fourth-order valence-electron chi connectivity index (χ4n) is 2.33. The SMILES string of the molecule is CCC(Nc1cc(C#N)ccc1Cl)C1CCOC1. The van der Waals surface area contributed by atoms with Gasteiger partial charge in [-0.3, -0.25) is 0 Å². The normalized spacial score (nSPS) is 20.4. The Labute approximate surface area is 113 Å². The lowest BCUT2D eigenvalue weighted by Gasteiger charge is -2.24. The minimum absolute atomic E-state index is 0.346. The van der Waals surface area contributed by atoms with E-state index in [1.165, 1.54) is 0 Å². The van der Waals surface area contributed by atoms with Crippen molar-refractivity contribution < 1.29 is 4.74 Å². The molecule has 1 aliphatic heterocycles. The van der Waals surface area contributed by atoms with Gasteiger partial charge in [0, 0.05) is 18.6 Å². The molecule has 4 heteroatoms. The summed E-state index contributed by atoms with van der Waals surface area (Å²) in [5.74, 6) is 0.525. The smallest absolute Gasteiger partial charge is 0.0992 e. The molecule has 2 unspecified atom stereocenters. The van der Waals surface area contributed by atoms with Gasteiger partial charge < -0.3 is 10.1 Å². The number of nitrogens with zero attached hydrogens (tertiary/aromatic N) is 1. The number of halogens is 1. The summed E-state index contributed by atoms with van der Waals surface area (Å²) >= 11 is 6.16. The first-order valence-electron chi connectivity index (χ1n) is 6.28. The molecule has 1 saturated heterocycles. The second-order valence-electron chi connectivity index (χ2n) is 4.59. The van der Waals surface area contributed by atoms with Crippen LogP contribution in [0.15, 0.2) is 18.2 Å². The van der Waals surface area contributed by atoms with E-state index >= 15 is 0 Å². The Morgan fingerprint density at radius 2 is 2.44 bits per heavy atom. The molecule has 1 aromatic rings. The van der Waals surface area contributed by atoms with Gasteiger partial charge in [0.1, 0.15) is 0 Å². The Balaban J connectivity index is 2.13. The van der Waals surface area contributed by atoms with Crippen LogP contribution in [0.4, 0.5) is 5.69 Å². The van der Waals surface area contributed by atoms with Crippen molar-refractivity contribution in [1.29, 1.82) is 5.26 Å². The quantitative estimate of drug-likeness (QED) is 0.906. The van der Waals surface area contributed by atoms with Gasteiger partial charge in [-0.15, -0.1) is 0 Å². The molecule has 1 fully saturated rings. The van der Waals surface area contributed by atoms with Crippen LogP contribution in [-0.2, 0) is 4.74 Å². The van der Waals surface area contributed by atoms with Gasteiger partial charge in [-0.05, 0) is 31.0 Å². The number of anilines is 1. The zero-order chi connectivity index (χ0) is 13.0. The van der Waals surface area contributed by atoms with Gasteiger partial charge >= 0.3 is 0 Å². The van der Waals surface area contributed by atoms with Crippen LogP contribution in [0, 0.1) is 17.2 Å². The third-order valence-electron chi connectivity index (χ3n) is 3.41. The van der Waals surface area contributed by atoms with Crippen LogP contribution in [0.3, 0.4) is 0 Å². The van der Waals surface area contributed by atoms with Crippen molar-refractivity contribution in [1.82, 2.24) is 0 Å². The van der Waals surface area contributed by atoms with Gasteiger partial charge in [-0.25, -0.2) is 0 Å². The number of nitrogens with one attached hydrogen (secondary N) is 1. The van der Waals surface area contributed by atoms with E-state index in [0.29, 0.717) is 22.5 Å². The van der Waals surface area contributed by atoms with Crippen molar-refractivity contribution in [3.63, 3.8) is 0 Å². The average molecular weight is 265 g/mol. The summed E-state index contributed by atoms with van der Waals surface area (Å²) < 4.78 is 5.43. The highest BCUT2D eigenvalue weighted by molar-refractivity contribution is 6.33. The van der Waals surface area contributed by atoms with E-state index in [4.69, 9.17) is 21.6 Å². The molecule has 2 atom stereocenters. The molecule has 3 nitrogen and oxygen atoms in total. The van der Waals surface area contributed by atoms with Crippen LogP contribution in [0.25, 0.3) is 0 Å². The van der Waals surface area contributed by atoms with Crippen molar-refractivity contribution in [3.05, 3.63) is 28.8 Å². The van der Waals surface area contributed by atoms with Crippen LogP contribution in [0.2, 0.25) is 5.02 Å². The van der Waals surface area contributed by atoms with E-state index < -0.39 is 0 Å². The maximum atomic E-state index is 8.91. The van der Waals surface area contributed by atoms with E-state index in [1.54, 1.807) is 18.2 Å². The maximum absolute atomic E-state index is 8.91. The zero-order valence-electron chi connectivity index (χ0n) is 10.4. The van der Waals surface area contributed by atoms with E-state index in [9.17, 15) is 0 Å². The summed E-state index contributed by atoms with van der Waals surface area (Å²) in [5.41, 5.74) is 1.47. The molecule has 1 N–H and O–H groups in total. The topological polar surface area (TPSA) is 45.0 Å². The third-order valence-corrected chi connectivity index (χ3v) is 3.74. The Bertz CT molecular complexity index is 450. The van der Waals surface area contributed by atoms with Crippen molar-refractivity contribution in [2.45, 2.75) is 25.8 Å². The first-order chi connectivity index (χ1) is 8.74. The van der Waals surface area contributed by atoms with E-state index in [2.05, 4.69) is 18.3 Å². The van der Waals surface area contributed by atoms with Crippen molar-refractivity contribution in [2.75, 3.05) is 18.5 Å². The molecular weight excluding hydrogens is 248 g/mol. The molecule has 2 rings (SSSR count). The fourth-order valence-corrected chi connectivity index (χ4v) is 2.50. The van der Waals surface area contributed by atoms with Crippen LogP contribution in [-0.4, -0.2) is 19.3 Å². The number of nitriles is 1. The molecule has 0 saturated carbocycles.